The summed E-state index contributed by atoms with van der Waals surface area (Å²) in [5.74, 6) is 0.00284. The zero-order chi connectivity index (χ0) is 20.2. The molecule has 29 heavy (non-hydrogen) atoms. The lowest BCUT2D eigenvalue weighted by molar-refractivity contribution is -0.118. The first-order chi connectivity index (χ1) is 14.1. The molecule has 1 aromatic heterocycles. The van der Waals surface area contributed by atoms with E-state index in [9.17, 15) is 9.18 Å². The van der Waals surface area contributed by atoms with Crippen molar-refractivity contribution in [1.29, 1.82) is 0 Å². The third-order valence-corrected chi connectivity index (χ3v) is 5.05. The molecule has 7 heteroatoms. The number of nitrogens with one attached hydrogen (secondary N) is 1. The predicted molar refractivity (Wildman–Crippen MR) is 112 cm³/mol. The second kappa shape index (κ2) is 8.28. The Balaban J connectivity index is 1.38. The zero-order valence-electron chi connectivity index (χ0n) is 15.5. The molecule has 0 aliphatic heterocycles. The minimum atomic E-state index is -0.465. The quantitative estimate of drug-likeness (QED) is 0.481. The van der Waals surface area contributed by atoms with Crippen LogP contribution in [-0.2, 0) is 4.79 Å². The van der Waals surface area contributed by atoms with Gasteiger partial charge < -0.3 is 9.47 Å². The maximum absolute atomic E-state index is 13.9. The first-order valence-electron chi connectivity index (χ1n) is 8.83. The Labute approximate surface area is 170 Å². The summed E-state index contributed by atoms with van der Waals surface area (Å²) in [6.07, 6.45) is 0. The summed E-state index contributed by atoms with van der Waals surface area (Å²) in [5.41, 5.74) is 1.18. The summed E-state index contributed by atoms with van der Waals surface area (Å²) in [7, 11) is 1.41. The smallest absolute Gasteiger partial charge is 0.264 e. The molecular weight excluding hydrogens is 391 g/mol. The van der Waals surface area contributed by atoms with Gasteiger partial charge in [-0.15, -0.1) is 11.3 Å². The molecular formula is C22H17FN2O3S. The molecule has 0 radical (unpaired) electrons. The minimum Gasteiger partial charge on any atom is -0.494 e. The Bertz CT molecular complexity index is 1180. The lowest BCUT2D eigenvalue weighted by atomic mass is 10.1. The van der Waals surface area contributed by atoms with Gasteiger partial charge in [-0.25, -0.2) is 9.37 Å². The largest absolute Gasteiger partial charge is 0.494 e. The van der Waals surface area contributed by atoms with Gasteiger partial charge in [0, 0.05) is 10.9 Å². The fraction of sp³-hybridized carbons (Fsp3) is 0.0909. The number of anilines is 1. The van der Waals surface area contributed by atoms with E-state index in [4.69, 9.17) is 9.47 Å². The van der Waals surface area contributed by atoms with E-state index in [1.165, 1.54) is 24.5 Å². The highest BCUT2D eigenvalue weighted by Gasteiger charge is 2.11. The number of hydrogen-bond donors (Lipinski definition) is 1. The third-order valence-electron chi connectivity index (χ3n) is 4.29. The van der Waals surface area contributed by atoms with Crippen molar-refractivity contribution < 1.29 is 18.7 Å². The van der Waals surface area contributed by atoms with Gasteiger partial charge >= 0.3 is 0 Å². The molecule has 0 aliphatic carbocycles. The first kappa shape index (κ1) is 18.9. The van der Waals surface area contributed by atoms with Crippen molar-refractivity contribution in [2.45, 2.75) is 0 Å². The molecule has 1 N–H and O–H groups in total. The number of amides is 1. The number of ether oxygens (including phenoxy) is 2. The SMILES string of the molecule is COc1ccc(-c2csc(NC(=O)COc3ccc4ccccc4c3)n2)cc1F. The Morgan fingerprint density at radius 1 is 1.10 bits per heavy atom. The van der Waals surface area contributed by atoms with Crippen LogP contribution in [0.3, 0.4) is 0 Å². The van der Waals surface area contributed by atoms with E-state index in [2.05, 4.69) is 10.3 Å². The van der Waals surface area contributed by atoms with E-state index in [0.29, 0.717) is 22.1 Å². The maximum atomic E-state index is 13.9. The third kappa shape index (κ3) is 4.35. The number of benzene rings is 3. The van der Waals surface area contributed by atoms with Gasteiger partial charge in [-0.3, -0.25) is 10.1 Å². The normalized spacial score (nSPS) is 10.7. The standard InChI is InChI=1S/C22H17FN2O3S/c1-27-20-9-7-16(11-18(20)23)19-13-29-22(24-19)25-21(26)12-28-17-8-6-14-4-2-3-5-15(14)10-17/h2-11,13H,12H2,1H3,(H,24,25,26). The molecule has 146 valence electrons. The number of nitrogens with zero attached hydrogens (tertiary/aromatic N) is 1. The van der Waals surface area contributed by atoms with Crippen LogP contribution in [0.1, 0.15) is 0 Å². The van der Waals surface area contributed by atoms with Gasteiger partial charge in [0.2, 0.25) is 0 Å². The van der Waals surface area contributed by atoms with E-state index < -0.39 is 5.82 Å². The fourth-order valence-electron chi connectivity index (χ4n) is 2.85. The van der Waals surface area contributed by atoms with Crippen LogP contribution in [0.5, 0.6) is 11.5 Å². The van der Waals surface area contributed by atoms with Crippen LogP contribution in [0.2, 0.25) is 0 Å². The summed E-state index contributed by atoms with van der Waals surface area (Å²) in [5, 5.41) is 7.02. The van der Waals surface area contributed by atoms with Crippen LogP contribution >= 0.6 is 11.3 Å². The predicted octanol–water partition coefficient (Wildman–Crippen LogP) is 5.13. The summed E-state index contributed by atoms with van der Waals surface area (Å²) in [6, 6.07) is 18.2. The Kier molecular flexibility index (Phi) is 5.39. The molecule has 4 aromatic rings. The number of hydrogen-bond acceptors (Lipinski definition) is 5. The summed E-state index contributed by atoms with van der Waals surface area (Å²) < 4.78 is 24.4. The lowest BCUT2D eigenvalue weighted by Gasteiger charge is -2.07. The van der Waals surface area contributed by atoms with Gasteiger partial charge in [0.25, 0.3) is 5.91 Å². The molecule has 5 nitrogen and oxygen atoms in total. The van der Waals surface area contributed by atoms with Gasteiger partial charge in [0.05, 0.1) is 12.8 Å². The molecule has 3 aromatic carbocycles. The van der Waals surface area contributed by atoms with Crippen LogP contribution in [0.15, 0.2) is 66.0 Å². The highest BCUT2D eigenvalue weighted by atomic mass is 32.1. The molecule has 1 amide bonds. The molecule has 0 bridgehead atoms. The number of halogens is 1. The van der Waals surface area contributed by atoms with Crippen LogP contribution in [0.4, 0.5) is 9.52 Å². The minimum absolute atomic E-state index is 0.135. The summed E-state index contributed by atoms with van der Waals surface area (Å²) in [6.45, 7) is -0.135. The van der Waals surface area contributed by atoms with Crippen LogP contribution in [-0.4, -0.2) is 24.6 Å². The Morgan fingerprint density at radius 3 is 2.72 bits per heavy atom. The van der Waals surface area contributed by atoms with Gasteiger partial charge in [0.15, 0.2) is 23.3 Å². The zero-order valence-corrected chi connectivity index (χ0v) is 16.3. The highest BCUT2D eigenvalue weighted by Crippen LogP contribution is 2.28. The second-order valence-corrected chi connectivity index (χ2v) is 7.09. The maximum Gasteiger partial charge on any atom is 0.264 e. The lowest BCUT2D eigenvalue weighted by Crippen LogP contribution is -2.20. The van der Waals surface area contributed by atoms with Crippen LogP contribution in [0, 0.1) is 5.82 Å². The number of carbonyl (C=O) groups is 1. The van der Waals surface area contributed by atoms with Crippen molar-refractivity contribution in [1.82, 2.24) is 4.98 Å². The average Bonchev–Trinajstić information content (AvgIpc) is 3.20. The molecule has 0 atom stereocenters. The second-order valence-electron chi connectivity index (χ2n) is 6.23. The van der Waals surface area contributed by atoms with Crippen molar-refractivity contribution in [3.8, 4) is 22.8 Å². The molecule has 0 saturated carbocycles. The summed E-state index contributed by atoms with van der Waals surface area (Å²) >= 11 is 1.26. The molecule has 1 heterocycles. The summed E-state index contributed by atoms with van der Waals surface area (Å²) in [4.78, 5) is 16.5. The van der Waals surface area contributed by atoms with E-state index in [1.54, 1.807) is 17.5 Å². The Morgan fingerprint density at radius 2 is 1.93 bits per heavy atom. The molecule has 0 spiro atoms. The van der Waals surface area contributed by atoms with Crippen molar-refractivity contribution >= 4 is 33.1 Å². The van der Waals surface area contributed by atoms with E-state index in [1.807, 2.05) is 42.5 Å². The van der Waals surface area contributed by atoms with Crippen LogP contribution < -0.4 is 14.8 Å². The number of thiazole rings is 1. The number of rotatable bonds is 6. The van der Waals surface area contributed by atoms with E-state index in [-0.39, 0.29) is 18.3 Å². The molecule has 4 rings (SSSR count). The monoisotopic (exact) mass is 408 g/mol. The van der Waals surface area contributed by atoms with E-state index >= 15 is 0 Å². The van der Waals surface area contributed by atoms with Crippen LogP contribution in [0.25, 0.3) is 22.0 Å². The van der Waals surface area contributed by atoms with Gasteiger partial charge in [-0.05, 0) is 41.1 Å². The highest BCUT2D eigenvalue weighted by molar-refractivity contribution is 7.14. The number of aromatic nitrogens is 1. The number of carbonyl (C=O) groups excluding carboxylic acids is 1. The average molecular weight is 408 g/mol. The van der Waals surface area contributed by atoms with Crippen molar-refractivity contribution in [2.75, 3.05) is 19.0 Å². The molecule has 0 fully saturated rings. The number of methoxy groups -OCH3 is 1. The van der Waals surface area contributed by atoms with Crippen molar-refractivity contribution in [3.05, 3.63) is 71.9 Å². The molecule has 0 saturated heterocycles. The van der Waals surface area contributed by atoms with E-state index in [0.717, 1.165) is 10.8 Å². The molecule has 0 unspecified atom stereocenters. The van der Waals surface area contributed by atoms with Gasteiger partial charge in [-0.1, -0.05) is 30.3 Å². The topological polar surface area (TPSA) is 60.5 Å². The Hall–Kier alpha value is -3.45. The number of fused-ring (bicyclic) bond motifs is 1. The van der Waals surface area contributed by atoms with Crippen molar-refractivity contribution in [2.24, 2.45) is 0 Å². The first-order valence-corrected chi connectivity index (χ1v) is 9.71. The van der Waals surface area contributed by atoms with Crippen molar-refractivity contribution in [3.63, 3.8) is 0 Å². The molecule has 0 aliphatic rings. The van der Waals surface area contributed by atoms with Gasteiger partial charge in [-0.2, -0.15) is 0 Å². The fourth-order valence-corrected chi connectivity index (χ4v) is 3.59. The van der Waals surface area contributed by atoms with Gasteiger partial charge in [0.1, 0.15) is 5.75 Å².